The first kappa shape index (κ1) is 20.4. The van der Waals surface area contributed by atoms with E-state index in [1.165, 1.54) is 6.92 Å². The van der Waals surface area contributed by atoms with E-state index < -0.39 is 11.6 Å². The van der Waals surface area contributed by atoms with Crippen molar-refractivity contribution in [2.24, 2.45) is 0 Å². The van der Waals surface area contributed by atoms with Crippen LogP contribution in [0.2, 0.25) is 0 Å². The molecule has 0 fully saturated rings. The highest BCUT2D eigenvalue weighted by atomic mass is 16.5. The molecule has 0 aliphatic carbocycles. The second kappa shape index (κ2) is 8.34. The molecule has 7 nitrogen and oxygen atoms in total. The molecule has 0 spiro atoms. The summed E-state index contributed by atoms with van der Waals surface area (Å²) in [6.45, 7) is 5.64. The zero-order chi connectivity index (χ0) is 21.0. The third kappa shape index (κ3) is 4.93. The molecule has 7 heteroatoms. The molecule has 0 saturated heterocycles. The number of amides is 3. The van der Waals surface area contributed by atoms with E-state index in [1.807, 2.05) is 44.2 Å². The fraction of sp³-hybridized carbons (Fsp3) is 0.318. The summed E-state index contributed by atoms with van der Waals surface area (Å²) in [5.74, 6) is -0.351. The summed E-state index contributed by atoms with van der Waals surface area (Å²) in [5.41, 5.74) is 1.09. The molecule has 1 unspecified atom stereocenters. The number of fused-ring (bicyclic) bond motifs is 1. The highest BCUT2D eigenvalue weighted by Crippen LogP contribution is 2.37. The van der Waals surface area contributed by atoms with E-state index in [1.54, 1.807) is 18.2 Å². The summed E-state index contributed by atoms with van der Waals surface area (Å²) in [4.78, 5) is 36.5. The minimum atomic E-state index is -0.823. The van der Waals surface area contributed by atoms with E-state index in [0.29, 0.717) is 35.5 Å². The van der Waals surface area contributed by atoms with Gasteiger partial charge in [-0.25, -0.2) is 0 Å². The third-order valence-electron chi connectivity index (χ3n) is 4.64. The first-order valence-electron chi connectivity index (χ1n) is 9.49. The summed E-state index contributed by atoms with van der Waals surface area (Å²) in [5, 5.41) is 8.52. The molecule has 2 aromatic rings. The first-order chi connectivity index (χ1) is 13.8. The molecular weight excluding hydrogens is 370 g/mol. The van der Waals surface area contributed by atoms with Crippen molar-refractivity contribution in [3.05, 3.63) is 59.7 Å². The van der Waals surface area contributed by atoms with Gasteiger partial charge in [0.1, 0.15) is 0 Å². The summed E-state index contributed by atoms with van der Waals surface area (Å²) in [6, 6.07) is 14.2. The van der Waals surface area contributed by atoms with Crippen LogP contribution < -0.4 is 20.7 Å². The van der Waals surface area contributed by atoms with Gasteiger partial charge in [0.15, 0.2) is 5.75 Å². The van der Waals surface area contributed by atoms with Gasteiger partial charge >= 0.3 is 0 Å². The van der Waals surface area contributed by atoms with Gasteiger partial charge in [-0.2, -0.15) is 0 Å². The monoisotopic (exact) mass is 395 g/mol. The molecule has 152 valence electrons. The minimum Gasteiger partial charge on any atom is -0.473 e. The molecule has 1 aliphatic heterocycles. The van der Waals surface area contributed by atoms with Crippen molar-refractivity contribution in [1.82, 2.24) is 10.6 Å². The lowest BCUT2D eigenvalue weighted by atomic mass is 10.0. The first-order valence-corrected chi connectivity index (χ1v) is 9.49. The highest BCUT2D eigenvalue weighted by molar-refractivity contribution is 6.04. The van der Waals surface area contributed by atoms with Crippen LogP contribution >= 0.6 is 0 Å². The van der Waals surface area contributed by atoms with Crippen molar-refractivity contribution in [1.29, 1.82) is 0 Å². The minimum absolute atomic E-state index is 0.116. The van der Waals surface area contributed by atoms with E-state index in [-0.39, 0.29) is 17.7 Å². The SMILES string of the molecule is CC(=O)NC(C)(C)CCNC(=O)c1cccc2c1OC(c1ccccc1)C(=O)N2. The number of nitrogens with one attached hydrogen (secondary N) is 3. The van der Waals surface area contributed by atoms with Gasteiger partial charge in [0.25, 0.3) is 11.8 Å². The molecule has 0 radical (unpaired) electrons. The van der Waals surface area contributed by atoms with Crippen LogP contribution in [0.5, 0.6) is 5.75 Å². The fourth-order valence-electron chi connectivity index (χ4n) is 3.28. The number of anilines is 1. The molecule has 3 N–H and O–H groups in total. The fourth-order valence-corrected chi connectivity index (χ4v) is 3.28. The molecule has 0 bridgehead atoms. The van der Waals surface area contributed by atoms with Crippen molar-refractivity contribution in [2.45, 2.75) is 38.8 Å². The number of hydrogen-bond acceptors (Lipinski definition) is 4. The Bertz CT molecular complexity index is 925. The zero-order valence-electron chi connectivity index (χ0n) is 16.7. The highest BCUT2D eigenvalue weighted by Gasteiger charge is 2.32. The van der Waals surface area contributed by atoms with Crippen LogP contribution in [0.15, 0.2) is 48.5 Å². The number of rotatable bonds is 6. The Morgan fingerprint density at radius 1 is 1.10 bits per heavy atom. The average Bonchev–Trinajstić information content (AvgIpc) is 2.66. The Balaban J connectivity index is 1.74. The van der Waals surface area contributed by atoms with E-state index in [4.69, 9.17) is 4.74 Å². The van der Waals surface area contributed by atoms with Crippen LogP contribution in [0, 0.1) is 0 Å². The van der Waals surface area contributed by atoms with Crippen molar-refractivity contribution >= 4 is 23.4 Å². The maximum Gasteiger partial charge on any atom is 0.270 e. The predicted octanol–water partition coefficient (Wildman–Crippen LogP) is 2.79. The molecule has 1 atom stereocenters. The van der Waals surface area contributed by atoms with Crippen molar-refractivity contribution < 1.29 is 19.1 Å². The number of para-hydroxylation sites is 1. The maximum absolute atomic E-state index is 12.8. The molecular formula is C22H25N3O4. The van der Waals surface area contributed by atoms with Crippen LogP contribution in [-0.4, -0.2) is 29.8 Å². The summed E-state index contributed by atoms with van der Waals surface area (Å²) in [6.07, 6.45) is -0.256. The van der Waals surface area contributed by atoms with E-state index >= 15 is 0 Å². The number of carbonyl (C=O) groups is 3. The van der Waals surface area contributed by atoms with Crippen LogP contribution in [0.25, 0.3) is 0 Å². The second-order valence-electron chi connectivity index (χ2n) is 7.65. The topological polar surface area (TPSA) is 96.5 Å². The van der Waals surface area contributed by atoms with Crippen LogP contribution in [-0.2, 0) is 9.59 Å². The van der Waals surface area contributed by atoms with Crippen LogP contribution in [0.1, 0.15) is 49.2 Å². The zero-order valence-corrected chi connectivity index (χ0v) is 16.7. The largest absolute Gasteiger partial charge is 0.473 e. The molecule has 1 heterocycles. The number of carbonyl (C=O) groups excluding carboxylic acids is 3. The summed E-state index contributed by atoms with van der Waals surface area (Å²) < 4.78 is 5.95. The Kier molecular flexibility index (Phi) is 5.87. The van der Waals surface area contributed by atoms with Gasteiger partial charge < -0.3 is 20.7 Å². The van der Waals surface area contributed by atoms with Gasteiger partial charge in [0.05, 0.1) is 11.3 Å². The van der Waals surface area contributed by atoms with Gasteiger partial charge in [0, 0.05) is 24.6 Å². The lowest BCUT2D eigenvalue weighted by Crippen LogP contribution is -2.44. The van der Waals surface area contributed by atoms with Crippen LogP contribution in [0.3, 0.4) is 0 Å². The van der Waals surface area contributed by atoms with E-state index in [9.17, 15) is 14.4 Å². The molecule has 1 aliphatic rings. The molecule has 0 aromatic heterocycles. The standard InChI is InChI=1S/C22H25N3O4/c1-14(26)25-22(2,3)12-13-23-20(27)16-10-7-11-17-19(16)29-18(21(28)24-17)15-8-5-4-6-9-15/h4-11,18H,12-13H2,1-3H3,(H,23,27)(H,24,28)(H,25,26). The molecule has 3 amide bonds. The number of benzene rings is 2. The molecule has 0 saturated carbocycles. The molecule has 29 heavy (non-hydrogen) atoms. The Hall–Kier alpha value is -3.35. The molecule has 3 rings (SSSR count). The van der Waals surface area contributed by atoms with Gasteiger partial charge in [-0.3, -0.25) is 14.4 Å². The predicted molar refractivity (Wildman–Crippen MR) is 110 cm³/mol. The van der Waals surface area contributed by atoms with Crippen LogP contribution in [0.4, 0.5) is 5.69 Å². The van der Waals surface area contributed by atoms with Crippen molar-refractivity contribution in [2.75, 3.05) is 11.9 Å². The van der Waals surface area contributed by atoms with Crippen molar-refractivity contribution in [3.8, 4) is 5.75 Å². The van der Waals surface area contributed by atoms with Gasteiger partial charge in [-0.1, -0.05) is 36.4 Å². The second-order valence-corrected chi connectivity index (χ2v) is 7.65. The lowest BCUT2D eigenvalue weighted by molar-refractivity contribution is -0.124. The average molecular weight is 395 g/mol. The summed E-state index contributed by atoms with van der Waals surface area (Å²) >= 11 is 0. The Morgan fingerprint density at radius 2 is 1.83 bits per heavy atom. The van der Waals surface area contributed by atoms with Crippen molar-refractivity contribution in [3.63, 3.8) is 0 Å². The van der Waals surface area contributed by atoms with Gasteiger partial charge in [-0.15, -0.1) is 0 Å². The van der Waals surface area contributed by atoms with Gasteiger partial charge in [0.2, 0.25) is 12.0 Å². The third-order valence-corrected chi connectivity index (χ3v) is 4.64. The maximum atomic E-state index is 12.8. The smallest absolute Gasteiger partial charge is 0.270 e. The molecule has 2 aromatic carbocycles. The normalized spacial score (nSPS) is 15.6. The Labute approximate surface area is 169 Å². The van der Waals surface area contributed by atoms with E-state index in [0.717, 1.165) is 0 Å². The summed E-state index contributed by atoms with van der Waals surface area (Å²) in [7, 11) is 0. The van der Waals surface area contributed by atoms with E-state index in [2.05, 4.69) is 16.0 Å². The van der Waals surface area contributed by atoms with Gasteiger partial charge in [-0.05, 0) is 32.4 Å². The number of hydrogen-bond donors (Lipinski definition) is 3. The lowest BCUT2D eigenvalue weighted by Gasteiger charge is -2.28. The number of ether oxygens (including phenoxy) is 1. The Morgan fingerprint density at radius 3 is 2.52 bits per heavy atom. The quantitative estimate of drug-likeness (QED) is 0.701.